The van der Waals surface area contributed by atoms with E-state index in [1.54, 1.807) is 13.8 Å². The van der Waals surface area contributed by atoms with Crippen molar-refractivity contribution in [1.29, 1.82) is 0 Å². The zero-order valence-corrected chi connectivity index (χ0v) is 9.81. The fourth-order valence-corrected chi connectivity index (χ4v) is 1.97. The minimum Gasteiger partial charge on any atom is -0.480 e. The number of carbonyl (C=O) groups excluding carboxylic acids is 1. The van der Waals surface area contributed by atoms with E-state index in [-0.39, 0.29) is 18.7 Å². The molecule has 0 spiro atoms. The Kier molecular flexibility index (Phi) is 4.58. The van der Waals surface area contributed by atoms with Crippen LogP contribution < -0.4 is 0 Å². The molecule has 1 saturated carbocycles. The summed E-state index contributed by atoms with van der Waals surface area (Å²) in [6.45, 7) is 3.24. The molecule has 0 atom stereocenters. The molecule has 1 rings (SSSR count). The van der Waals surface area contributed by atoms with Gasteiger partial charge in [-0.05, 0) is 26.7 Å². The number of amides is 1. The summed E-state index contributed by atoms with van der Waals surface area (Å²) in [5, 5.41) is 8.78. The lowest BCUT2D eigenvalue weighted by Crippen LogP contribution is -2.43. The lowest BCUT2D eigenvalue weighted by atomic mass is 10.2. The fraction of sp³-hybridized carbons (Fsp3) is 0.818. The van der Waals surface area contributed by atoms with Crippen LogP contribution in [0.5, 0.6) is 0 Å². The topological polar surface area (TPSA) is 66.8 Å². The number of ether oxygens (including phenoxy) is 1. The van der Waals surface area contributed by atoms with Crippen molar-refractivity contribution in [1.82, 2.24) is 4.90 Å². The molecule has 0 saturated heterocycles. The van der Waals surface area contributed by atoms with Crippen LogP contribution in [0.25, 0.3) is 0 Å². The van der Waals surface area contributed by atoms with Crippen LogP contribution in [-0.2, 0) is 9.53 Å². The first-order valence-corrected chi connectivity index (χ1v) is 5.69. The Morgan fingerprint density at radius 2 is 1.94 bits per heavy atom. The molecule has 0 aromatic heterocycles. The number of carbonyl (C=O) groups is 2. The average molecular weight is 229 g/mol. The van der Waals surface area contributed by atoms with Crippen LogP contribution >= 0.6 is 0 Å². The molecule has 0 bridgehead atoms. The fourth-order valence-electron chi connectivity index (χ4n) is 1.97. The molecule has 1 amide bonds. The number of rotatable bonds is 4. The molecule has 0 heterocycles. The van der Waals surface area contributed by atoms with Gasteiger partial charge in [0.25, 0.3) is 0 Å². The van der Waals surface area contributed by atoms with Gasteiger partial charge >= 0.3 is 12.1 Å². The van der Waals surface area contributed by atoms with Gasteiger partial charge < -0.3 is 9.84 Å². The standard InChI is InChI=1S/C11H19NO4/c1-8(2)16-11(15)12(7-10(13)14)9-5-3-4-6-9/h8-9H,3-7H2,1-2H3,(H,13,14). The van der Waals surface area contributed by atoms with Crippen LogP contribution in [-0.4, -0.2) is 40.8 Å². The number of carboxylic acid groups (broad SMARTS) is 1. The summed E-state index contributed by atoms with van der Waals surface area (Å²) in [7, 11) is 0. The highest BCUT2D eigenvalue weighted by Gasteiger charge is 2.29. The van der Waals surface area contributed by atoms with Crippen molar-refractivity contribution in [2.45, 2.75) is 51.7 Å². The molecule has 0 radical (unpaired) electrons. The molecule has 1 N–H and O–H groups in total. The molecule has 5 nitrogen and oxygen atoms in total. The summed E-state index contributed by atoms with van der Waals surface area (Å²) < 4.78 is 5.05. The molecule has 0 aromatic rings. The summed E-state index contributed by atoms with van der Waals surface area (Å²) in [5.41, 5.74) is 0. The SMILES string of the molecule is CC(C)OC(=O)N(CC(=O)O)C1CCCC1. The quantitative estimate of drug-likeness (QED) is 0.799. The van der Waals surface area contributed by atoms with Crippen molar-refractivity contribution in [3.05, 3.63) is 0 Å². The van der Waals surface area contributed by atoms with E-state index >= 15 is 0 Å². The first-order valence-electron chi connectivity index (χ1n) is 5.69. The summed E-state index contributed by atoms with van der Waals surface area (Å²) in [6.07, 6.45) is 3.13. The van der Waals surface area contributed by atoms with Gasteiger partial charge in [0.15, 0.2) is 0 Å². The number of hydrogen-bond donors (Lipinski definition) is 1. The summed E-state index contributed by atoms with van der Waals surface area (Å²) in [5.74, 6) is -0.993. The number of hydrogen-bond acceptors (Lipinski definition) is 3. The normalized spacial score (nSPS) is 16.4. The monoisotopic (exact) mass is 229 g/mol. The number of nitrogens with zero attached hydrogens (tertiary/aromatic N) is 1. The average Bonchev–Trinajstić information content (AvgIpc) is 2.64. The second kappa shape index (κ2) is 5.72. The van der Waals surface area contributed by atoms with E-state index in [4.69, 9.17) is 9.84 Å². The van der Waals surface area contributed by atoms with Crippen LogP contribution in [0.2, 0.25) is 0 Å². The second-order valence-electron chi connectivity index (χ2n) is 4.39. The van der Waals surface area contributed by atoms with Crippen molar-refractivity contribution in [3.8, 4) is 0 Å². The van der Waals surface area contributed by atoms with E-state index in [2.05, 4.69) is 0 Å². The van der Waals surface area contributed by atoms with Crippen molar-refractivity contribution >= 4 is 12.1 Å². The Balaban J connectivity index is 2.61. The Morgan fingerprint density at radius 3 is 2.38 bits per heavy atom. The molecular weight excluding hydrogens is 210 g/mol. The van der Waals surface area contributed by atoms with Gasteiger partial charge in [0, 0.05) is 6.04 Å². The zero-order chi connectivity index (χ0) is 12.1. The minimum atomic E-state index is -0.993. The minimum absolute atomic E-state index is 0.0300. The lowest BCUT2D eigenvalue weighted by Gasteiger charge is -2.27. The molecule has 16 heavy (non-hydrogen) atoms. The number of carboxylic acids is 1. The van der Waals surface area contributed by atoms with Gasteiger partial charge in [0.05, 0.1) is 6.10 Å². The highest BCUT2D eigenvalue weighted by Crippen LogP contribution is 2.24. The van der Waals surface area contributed by atoms with Crippen molar-refractivity contribution in [2.24, 2.45) is 0 Å². The maximum atomic E-state index is 11.7. The lowest BCUT2D eigenvalue weighted by molar-refractivity contribution is -0.138. The zero-order valence-electron chi connectivity index (χ0n) is 9.81. The third-order valence-electron chi connectivity index (χ3n) is 2.64. The van der Waals surface area contributed by atoms with Gasteiger partial charge in [-0.15, -0.1) is 0 Å². The summed E-state index contributed by atoms with van der Waals surface area (Å²) >= 11 is 0. The molecule has 0 aromatic carbocycles. The van der Waals surface area contributed by atoms with Crippen LogP contribution in [0.1, 0.15) is 39.5 Å². The predicted octanol–water partition coefficient (Wildman–Crippen LogP) is 1.86. The first kappa shape index (κ1) is 12.8. The molecule has 0 unspecified atom stereocenters. The van der Waals surface area contributed by atoms with Crippen molar-refractivity contribution in [2.75, 3.05) is 6.54 Å². The molecule has 1 aliphatic rings. The van der Waals surface area contributed by atoms with Gasteiger partial charge in [-0.1, -0.05) is 12.8 Å². The first-order chi connectivity index (χ1) is 7.50. The molecular formula is C11H19NO4. The predicted molar refractivity (Wildman–Crippen MR) is 58.2 cm³/mol. The van der Waals surface area contributed by atoms with Crippen molar-refractivity contribution in [3.63, 3.8) is 0 Å². The van der Waals surface area contributed by atoms with Gasteiger partial charge in [-0.2, -0.15) is 0 Å². The Morgan fingerprint density at radius 1 is 1.38 bits per heavy atom. The number of aliphatic carboxylic acids is 1. The van der Waals surface area contributed by atoms with Crippen LogP contribution in [0.4, 0.5) is 4.79 Å². The summed E-state index contributed by atoms with van der Waals surface area (Å²) in [4.78, 5) is 23.8. The maximum absolute atomic E-state index is 11.7. The molecule has 1 fully saturated rings. The highest BCUT2D eigenvalue weighted by atomic mass is 16.6. The van der Waals surface area contributed by atoms with E-state index in [9.17, 15) is 9.59 Å². The van der Waals surface area contributed by atoms with Crippen molar-refractivity contribution < 1.29 is 19.4 Å². The van der Waals surface area contributed by atoms with E-state index in [1.165, 1.54) is 4.90 Å². The van der Waals surface area contributed by atoms with E-state index in [1.807, 2.05) is 0 Å². The van der Waals surface area contributed by atoms with E-state index in [0.29, 0.717) is 0 Å². The molecule has 1 aliphatic carbocycles. The Labute approximate surface area is 95.4 Å². The van der Waals surface area contributed by atoms with E-state index in [0.717, 1.165) is 25.7 Å². The summed E-state index contributed by atoms with van der Waals surface area (Å²) in [6, 6.07) is 0.0300. The third-order valence-corrected chi connectivity index (χ3v) is 2.64. The van der Waals surface area contributed by atoms with Gasteiger partial charge in [0.1, 0.15) is 6.54 Å². The van der Waals surface area contributed by atoms with E-state index < -0.39 is 12.1 Å². The second-order valence-corrected chi connectivity index (χ2v) is 4.39. The highest BCUT2D eigenvalue weighted by molar-refractivity contribution is 5.77. The third kappa shape index (κ3) is 3.72. The Bertz CT molecular complexity index is 259. The maximum Gasteiger partial charge on any atom is 0.410 e. The van der Waals surface area contributed by atoms with Crippen LogP contribution in [0.15, 0.2) is 0 Å². The smallest absolute Gasteiger partial charge is 0.410 e. The van der Waals surface area contributed by atoms with Crippen LogP contribution in [0.3, 0.4) is 0 Å². The molecule has 92 valence electrons. The molecule has 5 heteroatoms. The van der Waals surface area contributed by atoms with Gasteiger partial charge in [-0.25, -0.2) is 4.79 Å². The van der Waals surface area contributed by atoms with Gasteiger partial charge in [0.2, 0.25) is 0 Å². The Hall–Kier alpha value is -1.26. The molecule has 0 aliphatic heterocycles. The van der Waals surface area contributed by atoms with Crippen LogP contribution in [0, 0.1) is 0 Å². The largest absolute Gasteiger partial charge is 0.480 e. The van der Waals surface area contributed by atoms with Gasteiger partial charge in [-0.3, -0.25) is 9.69 Å².